The lowest BCUT2D eigenvalue weighted by atomic mass is 9.98. The van der Waals surface area contributed by atoms with Gasteiger partial charge in [-0.15, -0.1) is 0 Å². The molecule has 0 radical (unpaired) electrons. The highest BCUT2D eigenvalue weighted by atomic mass is 35.5. The third-order valence-corrected chi connectivity index (χ3v) is 3.39. The number of hydrogen-bond acceptors (Lipinski definition) is 2. The maximum absolute atomic E-state index is 11.8. The standard InChI is InChI=1S/C15H16ClNO2/c1-11(12-5-3-2-4-6-12)7-9-17-15(18)13-8-10-19-14(13)16/h2-6,8,10-11H,7,9H2,1H3,(H,17,18). The molecule has 0 fully saturated rings. The molecule has 1 aromatic heterocycles. The van der Waals surface area contributed by atoms with Crippen LogP contribution in [0.3, 0.4) is 0 Å². The lowest BCUT2D eigenvalue weighted by Crippen LogP contribution is -2.25. The van der Waals surface area contributed by atoms with E-state index < -0.39 is 0 Å². The van der Waals surface area contributed by atoms with Gasteiger partial charge in [0.2, 0.25) is 5.22 Å². The van der Waals surface area contributed by atoms with E-state index in [9.17, 15) is 4.79 Å². The summed E-state index contributed by atoms with van der Waals surface area (Å²) in [6, 6.07) is 11.8. The van der Waals surface area contributed by atoms with E-state index >= 15 is 0 Å². The number of amides is 1. The van der Waals surface area contributed by atoms with E-state index in [1.54, 1.807) is 6.07 Å². The van der Waals surface area contributed by atoms with Gasteiger partial charge in [-0.05, 0) is 35.6 Å². The number of furan rings is 1. The third kappa shape index (κ3) is 3.61. The van der Waals surface area contributed by atoms with Crippen molar-refractivity contribution in [3.8, 4) is 0 Å². The van der Waals surface area contributed by atoms with Crippen molar-refractivity contribution < 1.29 is 9.21 Å². The maximum Gasteiger partial charge on any atom is 0.256 e. The highest BCUT2D eigenvalue weighted by Gasteiger charge is 2.13. The van der Waals surface area contributed by atoms with Gasteiger partial charge in [-0.3, -0.25) is 4.79 Å². The Morgan fingerprint density at radius 3 is 2.68 bits per heavy atom. The SMILES string of the molecule is CC(CCNC(=O)c1ccoc1Cl)c1ccccc1. The normalized spacial score (nSPS) is 12.1. The van der Waals surface area contributed by atoms with E-state index in [0.29, 0.717) is 18.0 Å². The lowest BCUT2D eigenvalue weighted by molar-refractivity contribution is 0.0952. The van der Waals surface area contributed by atoms with Crippen molar-refractivity contribution in [2.24, 2.45) is 0 Å². The predicted octanol–water partition coefficient (Wildman–Crippen LogP) is 3.86. The Hall–Kier alpha value is -1.74. The molecule has 1 aromatic carbocycles. The van der Waals surface area contributed by atoms with Crippen LogP contribution in [0.15, 0.2) is 47.1 Å². The fourth-order valence-corrected chi connectivity index (χ4v) is 2.10. The molecule has 2 aromatic rings. The fourth-order valence-electron chi connectivity index (χ4n) is 1.90. The van der Waals surface area contributed by atoms with E-state index in [2.05, 4.69) is 24.4 Å². The van der Waals surface area contributed by atoms with Gasteiger partial charge < -0.3 is 9.73 Å². The molecular weight excluding hydrogens is 262 g/mol. The first-order valence-electron chi connectivity index (χ1n) is 6.24. The van der Waals surface area contributed by atoms with Gasteiger partial charge in [0.25, 0.3) is 5.91 Å². The molecule has 0 aliphatic carbocycles. The van der Waals surface area contributed by atoms with Gasteiger partial charge in [0.05, 0.1) is 11.8 Å². The highest BCUT2D eigenvalue weighted by Crippen LogP contribution is 2.18. The number of benzene rings is 1. The summed E-state index contributed by atoms with van der Waals surface area (Å²) in [7, 11) is 0. The third-order valence-electron chi connectivity index (χ3n) is 3.09. The maximum atomic E-state index is 11.8. The first-order valence-corrected chi connectivity index (χ1v) is 6.62. The molecule has 1 N–H and O–H groups in total. The molecule has 0 aliphatic rings. The van der Waals surface area contributed by atoms with Crippen molar-refractivity contribution in [2.45, 2.75) is 19.3 Å². The molecule has 19 heavy (non-hydrogen) atoms. The highest BCUT2D eigenvalue weighted by molar-refractivity contribution is 6.32. The minimum absolute atomic E-state index is 0.133. The van der Waals surface area contributed by atoms with Gasteiger partial charge in [0.15, 0.2) is 0 Å². The van der Waals surface area contributed by atoms with Crippen molar-refractivity contribution in [1.82, 2.24) is 5.32 Å². The number of rotatable bonds is 5. The monoisotopic (exact) mass is 277 g/mol. The van der Waals surface area contributed by atoms with Crippen molar-refractivity contribution in [1.29, 1.82) is 0 Å². The molecule has 0 aliphatic heterocycles. The summed E-state index contributed by atoms with van der Waals surface area (Å²) in [5.41, 5.74) is 1.66. The van der Waals surface area contributed by atoms with Crippen LogP contribution in [0.4, 0.5) is 0 Å². The summed E-state index contributed by atoms with van der Waals surface area (Å²) in [5.74, 6) is 0.209. The largest absolute Gasteiger partial charge is 0.452 e. The molecule has 0 bridgehead atoms. The Kier molecular flexibility index (Phi) is 4.63. The van der Waals surface area contributed by atoms with Crippen LogP contribution >= 0.6 is 11.6 Å². The minimum Gasteiger partial charge on any atom is -0.452 e. The Morgan fingerprint density at radius 2 is 2.05 bits per heavy atom. The molecule has 1 atom stereocenters. The van der Waals surface area contributed by atoms with Crippen LogP contribution in [0.5, 0.6) is 0 Å². The molecule has 4 heteroatoms. The quantitative estimate of drug-likeness (QED) is 0.902. The first kappa shape index (κ1) is 13.7. The fraction of sp³-hybridized carbons (Fsp3) is 0.267. The van der Waals surface area contributed by atoms with Crippen molar-refractivity contribution in [2.75, 3.05) is 6.54 Å². The molecule has 1 heterocycles. The topological polar surface area (TPSA) is 42.2 Å². The second-order valence-corrected chi connectivity index (χ2v) is 4.81. The van der Waals surface area contributed by atoms with E-state index in [0.717, 1.165) is 6.42 Å². The molecular formula is C15H16ClNO2. The number of nitrogens with one attached hydrogen (secondary N) is 1. The lowest BCUT2D eigenvalue weighted by Gasteiger charge is -2.12. The second kappa shape index (κ2) is 6.43. The van der Waals surface area contributed by atoms with Crippen molar-refractivity contribution in [3.05, 3.63) is 59.0 Å². The zero-order valence-corrected chi connectivity index (χ0v) is 11.5. The molecule has 1 amide bonds. The predicted molar refractivity (Wildman–Crippen MR) is 75.5 cm³/mol. The van der Waals surface area contributed by atoms with Gasteiger partial charge in [0.1, 0.15) is 0 Å². The van der Waals surface area contributed by atoms with Crippen molar-refractivity contribution >= 4 is 17.5 Å². The molecule has 2 rings (SSSR count). The van der Waals surface area contributed by atoms with Crippen LogP contribution in [0.25, 0.3) is 0 Å². The Labute approximate surface area is 117 Å². The number of hydrogen-bond donors (Lipinski definition) is 1. The Bertz CT molecular complexity index is 536. The average Bonchev–Trinajstić information content (AvgIpc) is 2.86. The average molecular weight is 278 g/mol. The minimum atomic E-state index is -0.195. The zero-order chi connectivity index (χ0) is 13.7. The smallest absolute Gasteiger partial charge is 0.256 e. The Morgan fingerprint density at radius 1 is 1.32 bits per heavy atom. The summed E-state index contributed by atoms with van der Waals surface area (Å²) >= 11 is 5.74. The van der Waals surface area contributed by atoms with Crippen LogP contribution < -0.4 is 5.32 Å². The summed E-state index contributed by atoms with van der Waals surface area (Å²) in [4.78, 5) is 11.8. The summed E-state index contributed by atoms with van der Waals surface area (Å²) in [6.07, 6.45) is 2.29. The van der Waals surface area contributed by atoms with Crippen LogP contribution in [0.1, 0.15) is 35.2 Å². The molecule has 0 saturated heterocycles. The molecule has 100 valence electrons. The summed E-state index contributed by atoms with van der Waals surface area (Å²) < 4.78 is 4.89. The van der Waals surface area contributed by atoms with Gasteiger partial charge in [0, 0.05) is 6.54 Å². The van der Waals surface area contributed by atoms with Crippen LogP contribution in [0, 0.1) is 0 Å². The van der Waals surface area contributed by atoms with Gasteiger partial charge in [-0.1, -0.05) is 37.3 Å². The second-order valence-electron chi connectivity index (χ2n) is 4.46. The zero-order valence-electron chi connectivity index (χ0n) is 10.7. The van der Waals surface area contributed by atoms with Crippen LogP contribution in [0.2, 0.25) is 5.22 Å². The number of halogens is 1. The number of carbonyl (C=O) groups excluding carboxylic acids is 1. The molecule has 0 spiro atoms. The summed E-state index contributed by atoms with van der Waals surface area (Å²) in [6.45, 7) is 2.75. The van der Waals surface area contributed by atoms with E-state index in [1.807, 2.05) is 18.2 Å². The van der Waals surface area contributed by atoms with Crippen molar-refractivity contribution in [3.63, 3.8) is 0 Å². The Balaban J connectivity index is 1.81. The van der Waals surface area contributed by atoms with E-state index in [1.165, 1.54) is 11.8 Å². The molecule has 3 nitrogen and oxygen atoms in total. The van der Waals surface area contributed by atoms with E-state index in [-0.39, 0.29) is 11.1 Å². The molecule has 1 unspecified atom stereocenters. The van der Waals surface area contributed by atoms with Gasteiger partial charge >= 0.3 is 0 Å². The summed E-state index contributed by atoms with van der Waals surface area (Å²) in [5, 5.41) is 2.98. The van der Waals surface area contributed by atoms with Gasteiger partial charge in [-0.25, -0.2) is 0 Å². The van der Waals surface area contributed by atoms with Gasteiger partial charge in [-0.2, -0.15) is 0 Å². The van der Waals surface area contributed by atoms with Crippen LogP contribution in [-0.2, 0) is 0 Å². The van der Waals surface area contributed by atoms with Crippen LogP contribution in [-0.4, -0.2) is 12.5 Å². The molecule has 0 saturated carbocycles. The first-order chi connectivity index (χ1) is 9.18. The number of carbonyl (C=O) groups is 1. The van der Waals surface area contributed by atoms with E-state index in [4.69, 9.17) is 16.0 Å².